The topological polar surface area (TPSA) is 46.3 Å². The Balaban J connectivity index is 2.23. The minimum atomic E-state index is -4.49. The second-order valence-corrected chi connectivity index (χ2v) is 4.52. The molecule has 0 aliphatic carbocycles. The van der Waals surface area contributed by atoms with Crippen molar-refractivity contribution in [2.24, 2.45) is 0 Å². The van der Waals surface area contributed by atoms with Gasteiger partial charge in [0, 0.05) is 5.69 Å². The average molecular weight is 298 g/mol. The Kier molecular flexibility index (Phi) is 4.30. The molecular weight excluding hydrogens is 285 g/mol. The van der Waals surface area contributed by atoms with Gasteiger partial charge < -0.3 is 9.32 Å². The number of halogens is 3. The molecule has 2 heterocycles. The molecule has 0 N–H and O–H groups in total. The minimum absolute atomic E-state index is 0.0224. The van der Waals surface area contributed by atoms with Crippen molar-refractivity contribution in [2.45, 2.75) is 19.6 Å². The van der Waals surface area contributed by atoms with Crippen LogP contribution in [-0.2, 0) is 6.54 Å². The van der Waals surface area contributed by atoms with E-state index < -0.39 is 18.6 Å². The van der Waals surface area contributed by atoms with Crippen molar-refractivity contribution >= 4 is 5.91 Å². The van der Waals surface area contributed by atoms with Crippen LogP contribution in [-0.4, -0.2) is 28.5 Å². The zero-order valence-corrected chi connectivity index (χ0v) is 11.2. The normalized spacial score (nSPS) is 11.4. The lowest BCUT2D eigenvalue weighted by molar-refractivity contribution is -0.142. The van der Waals surface area contributed by atoms with Gasteiger partial charge in [0.05, 0.1) is 12.8 Å². The van der Waals surface area contributed by atoms with Crippen molar-refractivity contribution in [3.63, 3.8) is 0 Å². The van der Waals surface area contributed by atoms with E-state index in [1.165, 1.54) is 18.4 Å². The molecule has 1 amide bonds. The minimum Gasteiger partial charge on any atom is -0.467 e. The number of alkyl halides is 3. The van der Waals surface area contributed by atoms with E-state index in [9.17, 15) is 18.0 Å². The Morgan fingerprint density at radius 1 is 1.29 bits per heavy atom. The fourth-order valence-electron chi connectivity index (χ4n) is 1.83. The predicted molar refractivity (Wildman–Crippen MR) is 68.5 cm³/mol. The Labute approximate surface area is 119 Å². The maximum absolute atomic E-state index is 12.6. The second-order valence-electron chi connectivity index (χ2n) is 4.52. The molecule has 0 fully saturated rings. The van der Waals surface area contributed by atoms with E-state index in [-0.39, 0.29) is 18.0 Å². The number of rotatable bonds is 4. The van der Waals surface area contributed by atoms with Crippen LogP contribution in [0.1, 0.15) is 21.9 Å². The molecule has 21 heavy (non-hydrogen) atoms. The number of hydrogen-bond donors (Lipinski definition) is 0. The molecule has 0 spiro atoms. The van der Waals surface area contributed by atoms with Crippen LogP contribution >= 0.6 is 0 Å². The standard InChI is InChI=1S/C14H13F3N2O2/c1-10-4-2-6-12(18-10)13(20)19(9-14(15,16)17)8-11-5-3-7-21-11/h2-7H,8-9H2,1H3. The molecule has 0 unspecified atom stereocenters. The van der Waals surface area contributed by atoms with E-state index in [4.69, 9.17) is 4.42 Å². The van der Waals surface area contributed by atoms with Gasteiger partial charge in [0.15, 0.2) is 0 Å². The van der Waals surface area contributed by atoms with Crippen molar-refractivity contribution in [3.8, 4) is 0 Å². The summed E-state index contributed by atoms with van der Waals surface area (Å²) in [5.74, 6) is -0.507. The molecule has 7 heteroatoms. The van der Waals surface area contributed by atoms with Gasteiger partial charge in [-0.2, -0.15) is 13.2 Å². The summed E-state index contributed by atoms with van der Waals surface area (Å²) in [4.78, 5) is 16.9. The highest BCUT2D eigenvalue weighted by Gasteiger charge is 2.34. The molecular formula is C14H13F3N2O2. The molecule has 0 aromatic carbocycles. The molecule has 2 rings (SSSR count). The maximum atomic E-state index is 12.6. The number of aromatic nitrogens is 1. The lowest BCUT2D eigenvalue weighted by atomic mass is 10.2. The summed E-state index contributed by atoms with van der Waals surface area (Å²) in [7, 11) is 0. The Morgan fingerprint density at radius 2 is 2.05 bits per heavy atom. The third kappa shape index (κ3) is 4.34. The average Bonchev–Trinajstić information content (AvgIpc) is 2.88. The third-order valence-corrected chi connectivity index (χ3v) is 2.69. The number of aryl methyl sites for hydroxylation is 1. The maximum Gasteiger partial charge on any atom is 0.406 e. The van der Waals surface area contributed by atoms with Gasteiger partial charge in [-0.15, -0.1) is 0 Å². The fourth-order valence-corrected chi connectivity index (χ4v) is 1.83. The predicted octanol–water partition coefficient (Wildman–Crippen LogP) is 3.19. The molecule has 0 saturated heterocycles. The Hall–Kier alpha value is -2.31. The van der Waals surface area contributed by atoms with Crippen LogP contribution in [0.15, 0.2) is 41.0 Å². The van der Waals surface area contributed by atoms with E-state index in [0.29, 0.717) is 10.6 Å². The Morgan fingerprint density at radius 3 is 2.62 bits per heavy atom. The monoisotopic (exact) mass is 298 g/mol. The first-order valence-corrected chi connectivity index (χ1v) is 6.17. The molecule has 0 aliphatic heterocycles. The summed E-state index contributed by atoms with van der Waals surface area (Å²) in [6.45, 7) is 0.0422. The molecule has 0 radical (unpaired) electrons. The molecule has 0 saturated carbocycles. The molecule has 2 aromatic rings. The third-order valence-electron chi connectivity index (χ3n) is 2.69. The molecule has 4 nitrogen and oxygen atoms in total. The highest BCUT2D eigenvalue weighted by Crippen LogP contribution is 2.20. The number of carbonyl (C=O) groups is 1. The molecule has 0 atom stereocenters. The SMILES string of the molecule is Cc1cccc(C(=O)N(Cc2ccco2)CC(F)(F)F)n1. The quantitative estimate of drug-likeness (QED) is 0.871. The number of pyridine rings is 1. The van der Waals surface area contributed by atoms with Crippen LogP contribution in [0, 0.1) is 6.92 Å². The van der Waals surface area contributed by atoms with Gasteiger partial charge in [-0.1, -0.05) is 6.07 Å². The van der Waals surface area contributed by atoms with Crippen LogP contribution in [0.5, 0.6) is 0 Å². The van der Waals surface area contributed by atoms with Crippen LogP contribution < -0.4 is 0 Å². The lowest BCUT2D eigenvalue weighted by Gasteiger charge is -2.22. The van der Waals surface area contributed by atoms with Gasteiger partial charge in [0.25, 0.3) is 5.91 Å². The fraction of sp³-hybridized carbons (Fsp3) is 0.286. The summed E-state index contributed by atoms with van der Waals surface area (Å²) >= 11 is 0. The number of hydrogen-bond acceptors (Lipinski definition) is 3. The van der Waals surface area contributed by atoms with Crippen LogP contribution in [0.2, 0.25) is 0 Å². The molecule has 112 valence electrons. The van der Waals surface area contributed by atoms with Crippen molar-refractivity contribution in [2.75, 3.05) is 6.54 Å². The summed E-state index contributed by atoms with van der Waals surface area (Å²) < 4.78 is 42.9. The molecule has 0 bridgehead atoms. The lowest BCUT2D eigenvalue weighted by Crippen LogP contribution is -2.38. The van der Waals surface area contributed by atoms with Crippen LogP contribution in [0.25, 0.3) is 0 Å². The van der Waals surface area contributed by atoms with E-state index in [2.05, 4.69) is 4.98 Å². The van der Waals surface area contributed by atoms with Crippen molar-refractivity contribution < 1.29 is 22.4 Å². The second kappa shape index (κ2) is 5.99. The first kappa shape index (κ1) is 15.1. The summed E-state index contributed by atoms with van der Waals surface area (Å²) in [5.41, 5.74) is 0.539. The molecule has 2 aromatic heterocycles. The summed E-state index contributed by atoms with van der Waals surface area (Å²) in [6.07, 6.45) is -3.15. The summed E-state index contributed by atoms with van der Waals surface area (Å²) in [6, 6.07) is 7.70. The van der Waals surface area contributed by atoms with Crippen molar-refractivity contribution in [1.82, 2.24) is 9.88 Å². The zero-order chi connectivity index (χ0) is 15.5. The van der Waals surface area contributed by atoms with E-state index in [0.717, 1.165) is 0 Å². The highest BCUT2D eigenvalue weighted by molar-refractivity contribution is 5.92. The number of amides is 1. The Bertz CT molecular complexity index is 609. The van der Waals surface area contributed by atoms with Crippen molar-refractivity contribution in [3.05, 3.63) is 53.7 Å². The first-order valence-electron chi connectivity index (χ1n) is 6.17. The van der Waals surface area contributed by atoms with Gasteiger partial charge in [0.1, 0.15) is 18.0 Å². The van der Waals surface area contributed by atoms with E-state index in [1.807, 2.05) is 0 Å². The van der Waals surface area contributed by atoms with E-state index >= 15 is 0 Å². The number of nitrogens with zero attached hydrogens (tertiary/aromatic N) is 2. The summed E-state index contributed by atoms with van der Waals surface area (Å²) in [5, 5.41) is 0. The smallest absolute Gasteiger partial charge is 0.406 e. The van der Waals surface area contributed by atoms with Crippen molar-refractivity contribution in [1.29, 1.82) is 0 Å². The number of furan rings is 1. The number of carbonyl (C=O) groups excluding carboxylic acids is 1. The van der Waals surface area contributed by atoms with Gasteiger partial charge in [-0.25, -0.2) is 4.98 Å². The van der Waals surface area contributed by atoms with Gasteiger partial charge in [-0.3, -0.25) is 4.79 Å². The zero-order valence-electron chi connectivity index (χ0n) is 11.2. The van der Waals surface area contributed by atoms with Gasteiger partial charge in [0.2, 0.25) is 0 Å². The first-order chi connectivity index (χ1) is 9.85. The molecule has 0 aliphatic rings. The van der Waals surface area contributed by atoms with E-state index in [1.54, 1.807) is 25.1 Å². The van der Waals surface area contributed by atoms with Gasteiger partial charge >= 0.3 is 6.18 Å². The van der Waals surface area contributed by atoms with Gasteiger partial charge in [-0.05, 0) is 31.2 Å². The largest absolute Gasteiger partial charge is 0.467 e. The van der Waals surface area contributed by atoms with Crippen LogP contribution in [0.4, 0.5) is 13.2 Å². The highest BCUT2D eigenvalue weighted by atomic mass is 19.4. The van der Waals surface area contributed by atoms with Crippen LogP contribution in [0.3, 0.4) is 0 Å².